The third kappa shape index (κ3) is 2.99. The summed E-state index contributed by atoms with van der Waals surface area (Å²) in [6, 6.07) is 3.19. The van der Waals surface area contributed by atoms with Gasteiger partial charge in [-0.25, -0.2) is 0 Å². The monoisotopic (exact) mass is 257 g/mol. The van der Waals surface area contributed by atoms with Crippen molar-refractivity contribution in [3.05, 3.63) is 21.3 Å². The lowest BCUT2D eigenvalue weighted by Gasteiger charge is -2.32. The van der Waals surface area contributed by atoms with E-state index in [-0.39, 0.29) is 0 Å². The number of thiophene rings is 1. The first-order chi connectivity index (χ1) is 7.66. The molecule has 0 saturated heterocycles. The van der Waals surface area contributed by atoms with E-state index in [0.29, 0.717) is 12.1 Å². The Morgan fingerprint density at radius 3 is 2.81 bits per heavy atom. The second-order valence-corrected chi connectivity index (χ2v) is 6.48. The molecule has 2 rings (SSSR count). The molecule has 0 radical (unpaired) electrons. The van der Waals surface area contributed by atoms with Crippen LogP contribution in [0.15, 0.2) is 11.4 Å². The molecule has 3 unspecified atom stereocenters. The molecule has 1 aliphatic carbocycles. The summed E-state index contributed by atoms with van der Waals surface area (Å²) in [6.07, 6.45) is 5.47. The van der Waals surface area contributed by atoms with E-state index in [4.69, 9.17) is 11.6 Å². The van der Waals surface area contributed by atoms with E-state index in [1.165, 1.54) is 31.2 Å². The summed E-state index contributed by atoms with van der Waals surface area (Å²) < 4.78 is 0.889. The molecule has 16 heavy (non-hydrogen) atoms. The predicted octanol–water partition coefficient (Wildman–Crippen LogP) is 4.63. The molecule has 1 aromatic rings. The number of rotatable bonds is 3. The summed E-state index contributed by atoms with van der Waals surface area (Å²) in [5.74, 6) is 0.810. The standard InChI is InChI=1S/C13H20ClNS/c1-9-5-3-4-6-12(9)15-10(2)11-7-13(14)16-8-11/h7-10,12,15H,3-6H2,1-2H3. The summed E-state index contributed by atoms with van der Waals surface area (Å²) in [6.45, 7) is 4.60. The minimum atomic E-state index is 0.425. The second kappa shape index (κ2) is 5.52. The minimum Gasteiger partial charge on any atom is -0.307 e. The van der Waals surface area contributed by atoms with Gasteiger partial charge in [-0.15, -0.1) is 11.3 Å². The lowest BCUT2D eigenvalue weighted by atomic mass is 9.85. The zero-order valence-corrected chi connectivity index (χ0v) is 11.6. The van der Waals surface area contributed by atoms with Crippen LogP contribution in [0.2, 0.25) is 4.34 Å². The molecule has 0 amide bonds. The molecule has 3 heteroatoms. The third-order valence-corrected chi connectivity index (χ3v) is 4.77. The van der Waals surface area contributed by atoms with Crippen molar-refractivity contribution in [2.45, 2.75) is 51.6 Å². The Morgan fingerprint density at radius 1 is 1.44 bits per heavy atom. The fourth-order valence-electron chi connectivity index (χ4n) is 2.53. The molecule has 1 saturated carbocycles. The van der Waals surface area contributed by atoms with E-state index in [1.54, 1.807) is 11.3 Å². The minimum absolute atomic E-state index is 0.425. The maximum absolute atomic E-state index is 5.97. The van der Waals surface area contributed by atoms with Crippen LogP contribution in [0.4, 0.5) is 0 Å². The SMILES string of the molecule is CC(NC1CCCCC1C)c1csc(Cl)c1. The molecule has 1 aliphatic rings. The molecule has 0 bridgehead atoms. The van der Waals surface area contributed by atoms with Gasteiger partial charge in [-0.1, -0.05) is 31.4 Å². The molecular weight excluding hydrogens is 238 g/mol. The molecule has 0 aromatic carbocycles. The molecule has 1 N–H and O–H groups in total. The van der Waals surface area contributed by atoms with Crippen LogP contribution in [0.5, 0.6) is 0 Å². The van der Waals surface area contributed by atoms with E-state index < -0.39 is 0 Å². The Balaban J connectivity index is 1.93. The second-order valence-electron chi connectivity index (χ2n) is 4.94. The topological polar surface area (TPSA) is 12.0 Å². The Kier molecular flexibility index (Phi) is 4.28. The Hall–Kier alpha value is -0.0500. The third-order valence-electron chi connectivity index (χ3n) is 3.66. The zero-order valence-electron chi connectivity index (χ0n) is 10.0. The average Bonchev–Trinajstić information content (AvgIpc) is 2.68. The smallest absolute Gasteiger partial charge is 0.0931 e. The van der Waals surface area contributed by atoms with Gasteiger partial charge in [0.15, 0.2) is 0 Å². The largest absolute Gasteiger partial charge is 0.307 e. The number of nitrogens with one attached hydrogen (secondary N) is 1. The first-order valence-corrected chi connectivity index (χ1v) is 7.42. The molecule has 1 aromatic heterocycles. The van der Waals surface area contributed by atoms with Crippen LogP contribution in [0.25, 0.3) is 0 Å². The highest BCUT2D eigenvalue weighted by molar-refractivity contribution is 7.14. The fourth-order valence-corrected chi connectivity index (χ4v) is 3.52. The lowest BCUT2D eigenvalue weighted by Crippen LogP contribution is -2.38. The van der Waals surface area contributed by atoms with Gasteiger partial charge in [0.05, 0.1) is 4.34 Å². The zero-order chi connectivity index (χ0) is 11.5. The maximum atomic E-state index is 5.97. The van der Waals surface area contributed by atoms with Crippen molar-refractivity contribution in [1.82, 2.24) is 5.32 Å². The number of hydrogen-bond donors (Lipinski definition) is 1. The van der Waals surface area contributed by atoms with Gasteiger partial charge in [0.2, 0.25) is 0 Å². The number of hydrogen-bond acceptors (Lipinski definition) is 2. The highest BCUT2D eigenvalue weighted by atomic mass is 35.5. The summed E-state index contributed by atoms with van der Waals surface area (Å²) in [5, 5.41) is 5.91. The van der Waals surface area contributed by atoms with Crippen LogP contribution in [0, 0.1) is 5.92 Å². The Morgan fingerprint density at radius 2 is 2.19 bits per heavy atom. The van der Waals surface area contributed by atoms with Crippen LogP contribution in [-0.4, -0.2) is 6.04 Å². The summed E-state index contributed by atoms with van der Waals surface area (Å²) in [5.41, 5.74) is 1.33. The molecule has 0 aliphatic heterocycles. The quantitative estimate of drug-likeness (QED) is 0.833. The Labute approximate surface area is 107 Å². The van der Waals surface area contributed by atoms with Gasteiger partial charge in [-0.2, -0.15) is 0 Å². The van der Waals surface area contributed by atoms with Gasteiger partial charge in [0.1, 0.15) is 0 Å². The van der Waals surface area contributed by atoms with Crippen molar-refractivity contribution in [1.29, 1.82) is 0 Å². The Bertz CT molecular complexity index is 336. The van der Waals surface area contributed by atoms with Gasteiger partial charge in [0.25, 0.3) is 0 Å². The highest BCUT2D eigenvalue weighted by Gasteiger charge is 2.22. The number of halogens is 1. The highest BCUT2D eigenvalue weighted by Crippen LogP contribution is 2.28. The van der Waals surface area contributed by atoms with Crippen LogP contribution >= 0.6 is 22.9 Å². The van der Waals surface area contributed by atoms with E-state index >= 15 is 0 Å². The molecule has 0 spiro atoms. The fraction of sp³-hybridized carbons (Fsp3) is 0.692. The van der Waals surface area contributed by atoms with Crippen molar-refractivity contribution < 1.29 is 0 Å². The summed E-state index contributed by atoms with van der Waals surface area (Å²) in [7, 11) is 0. The van der Waals surface area contributed by atoms with E-state index in [9.17, 15) is 0 Å². The lowest BCUT2D eigenvalue weighted by molar-refractivity contribution is 0.263. The van der Waals surface area contributed by atoms with Crippen LogP contribution in [-0.2, 0) is 0 Å². The van der Waals surface area contributed by atoms with Gasteiger partial charge in [0, 0.05) is 12.1 Å². The molecule has 3 atom stereocenters. The normalized spacial score (nSPS) is 27.9. The van der Waals surface area contributed by atoms with E-state index in [1.807, 2.05) is 0 Å². The van der Waals surface area contributed by atoms with Crippen molar-refractivity contribution in [2.24, 2.45) is 5.92 Å². The first-order valence-electron chi connectivity index (χ1n) is 6.17. The van der Waals surface area contributed by atoms with Crippen LogP contribution < -0.4 is 5.32 Å². The molecule has 90 valence electrons. The van der Waals surface area contributed by atoms with E-state index in [0.717, 1.165) is 10.3 Å². The van der Waals surface area contributed by atoms with Crippen molar-refractivity contribution in [3.8, 4) is 0 Å². The molecular formula is C13H20ClNS. The van der Waals surface area contributed by atoms with Gasteiger partial charge in [-0.05, 0) is 42.7 Å². The van der Waals surface area contributed by atoms with Gasteiger partial charge >= 0.3 is 0 Å². The molecule has 1 heterocycles. The van der Waals surface area contributed by atoms with Gasteiger partial charge in [-0.3, -0.25) is 0 Å². The van der Waals surface area contributed by atoms with Crippen molar-refractivity contribution >= 4 is 22.9 Å². The molecule has 1 nitrogen and oxygen atoms in total. The van der Waals surface area contributed by atoms with Crippen LogP contribution in [0.1, 0.15) is 51.1 Å². The average molecular weight is 258 g/mol. The van der Waals surface area contributed by atoms with Crippen LogP contribution in [0.3, 0.4) is 0 Å². The maximum Gasteiger partial charge on any atom is 0.0931 e. The summed E-state index contributed by atoms with van der Waals surface area (Å²) in [4.78, 5) is 0. The van der Waals surface area contributed by atoms with Gasteiger partial charge < -0.3 is 5.32 Å². The van der Waals surface area contributed by atoms with Crippen molar-refractivity contribution in [3.63, 3.8) is 0 Å². The first kappa shape index (κ1) is 12.4. The van der Waals surface area contributed by atoms with E-state index in [2.05, 4.69) is 30.6 Å². The van der Waals surface area contributed by atoms with Crippen molar-refractivity contribution in [2.75, 3.05) is 0 Å². The molecule has 1 fully saturated rings. The summed E-state index contributed by atoms with van der Waals surface area (Å²) >= 11 is 7.59. The predicted molar refractivity (Wildman–Crippen MR) is 72.3 cm³/mol.